The molecule has 0 amide bonds. The van der Waals surface area contributed by atoms with Crippen molar-refractivity contribution in [1.82, 2.24) is 14.8 Å². The molecule has 0 spiro atoms. The van der Waals surface area contributed by atoms with E-state index in [0.29, 0.717) is 18.0 Å². The van der Waals surface area contributed by atoms with Crippen LogP contribution in [0.15, 0.2) is 41.8 Å². The summed E-state index contributed by atoms with van der Waals surface area (Å²) >= 11 is 1.46. The molecule has 2 heterocycles. The van der Waals surface area contributed by atoms with E-state index in [-0.39, 0.29) is 11.9 Å². The number of carbonyl (C=O) groups excluding carboxylic acids is 1. The average Bonchev–Trinajstić information content (AvgIpc) is 3.24. The van der Waals surface area contributed by atoms with Gasteiger partial charge in [-0.05, 0) is 42.1 Å². The molecule has 7 heteroatoms. The van der Waals surface area contributed by atoms with Gasteiger partial charge >= 0.3 is 6.01 Å². The SMILES string of the molecule is CCCCOc1nc(-c2cccs2)n(C(=O)c2ccc(F)cc2)n1. The van der Waals surface area contributed by atoms with E-state index >= 15 is 0 Å². The van der Waals surface area contributed by atoms with Crippen molar-refractivity contribution in [1.29, 1.82) is 0 Å². The van der Waals surface area contributed by atoms with Gasteiger partial charge in [0.1, 0.15) is 5.82 Å². The van der Waals surface area contributed by atoms with Gasteiger partial charge in [0, 0.05) is 5.56 Å². The van der Waals surface area contributed by atoms with Gasteiger partial charge < -0.3 is 4.74 Å². The zero-order chi connectivity index (χ0) is 16.9. The third-order valence-electron chi connectivity index (χ3n) is 3.34. The van der Waals surface area contributed by atoms with Crippen LogP contribution in [0.25, 0.3) is 10.7 Å². The number of rotatable bonds is 6. The second-order valence-corrected chi connectivity index (χ2v) is 6.07. The second kappa shape index (κ2) is 7.35. The maximum Gasteiger partial charge on any atom is 0.336 e. The Morgan fingerprint density at radius 1 is 1.29 bits per heavy atom. The molecule has 0 unspecified atom stereocenters. The van der Waals surface area contributed by atoms with E-state index in [1.807, 2.05) is 17.5 Å². The third-order valence-corrected chi connectivity index (χ3v) is 4.21. The largest absolute Gasteiger partial charge is 0.462 e. The van der Waals surface area contributed by atoms with Gasteiger partial charge in [0.05, 0.1) is 11.5 Å². The molecule has 2 aromatic heterocycles. The van der Waals surface area contributed by atoms with E-state index in [4.69, 9.17) is 4.74 Å². The standard InChI is InChI=1S/C17H16FN3O2S/c1-2-3-10-23-17-19-15(14-5-4-11-24-14)21(20-17)16(22)12-6-8-13(18)9-7-12/h4-9,11H,2-3,10H2,1H3. The van der Waals surface area contributed by atoms with E-state index in [9.17, 15) is 9.18 Å². The molecule has 0 atom stereocenters. The fourth-order valence-corrected chi connectivity index (χ4v) is 2.78. The molecule has 3 rings (SSSR count). The lowest BCUT2D eigenvalue weighted by Crippen LogP contribution is -2.15. The molecule has 0 saturated heterocycles. The Morgan fingerprint density at radius 2 is 2.08 bits per heavy atom. The van der Waals surface area contributed by atoms with E-state index < -0.39 is 5.82 Å². The van der Waals surface area contributed by atoms with E-state index in [1.54, 1.807) is 0 Å². The number of aromatic nitrogens is 3. The van der Waals surface area contributed by atoms with Crippen LogP contribution in [0.4, 0.5) is 4.39 Å². The van der Waals surface area contributed by atoms with Crippen molar-refractivity contribution in [3.63, 3.8) is 0 Å². The number of carbonyl (C=O) groups is 1. The monoisotopic (exact) mass is 345 g/mol. The van der Waals surface area contributed by atoms with Crippen LogP contribution in [0.3, 0.4) is 0 Å². The molecule has 1 aromatic carbocycles. The summed E-state index contributed by atoms with van der Waals surface area (Å²) in [6, 6.07) is 9.24. The van der Waals surface area contributed by atoms with Gasteiger partial charge in [0.25, 0.3) is 5.91 Å². The van der Waals surface area contributed by atoms with Crippen molar-refractivity contribution in [3.05, 3.63) is 53.2 Å². The molecule has 0 fully saturated rings. The number of nitrogens with zero attached hydrogens (tertiary/aromatic N) is 3. The molecule has 0 saturated carbocycles. The van der Waals surface area contributed by atoms with Crippen LogP contribution in [-0.2, 0) is 0 Å². The molecule has 0 bridgehead atoms. The lowest BCUT2D eigenvalue weighted by molar-refractivity contribution is 0.0944. The van der Waals surface area contributed by atoms with Crippen molar-refractivity contribution in [2.75, 3.05) is 6.61 Å². The van der Waals surface area contributed by atoms with Gasteiger partial charge in [-0.1, -0.05) is 19.4 Å². The van der Waals surface area contributed by atoms with Crippen LogP contribution in [0.5, 0.6) is 6.01 Å². The first kappa shape index (κ1) is 16.3. The fraction of sp³-hybridized carbons (Fsp3) is 0.235. The molecular weight excluding hydrogens is 329 g/mol. The summed E-state index contributed by atoms with van der Waals surface area (Å²) < 4.78 is 19.8. The van der Waals surface area contributed by atoms with Crippen LogP contribution in [0.2, 0.25) is 0 Å². The summed E-state index contributed by atoms with van der Waals surface area (Å²) in [7, 11) is 0. The Kier molecular flexibility index (Phi) is 5.00. The number of hydrogen-bond donors (Lipinski definition) is 0. The summed E-state index contributed by atoms with van der Waals surface area (Å²) in [6.07, 6.45) is 1.88. The highest BCUT2D eigenvalue weighted by atomic mass is 32.1. The number of thiophene rings is 1. The lowest BCUT2D eigenvalue weighted by atomic mass is 10.2. The summed E-state index contributed by atoms with van der Waals surface area (Å²) in [5.74, 6) is -0.353. The smallest absolute Gasteiger partial charge is 0.336 e. The first-order valence-electron chi connectivity index (χ1n) is 7.63. The molecular formula is C17H16FN3O2S. The highest BCUT2D eigenvalue weighted by Crippen LogP contribution is 2.25. The molecule has 0 radical (unpaired) electrons. The highest BCUT2D eigenvalue weighted by molar-refractivity contribution is 7.13. The molecule has 0 N–H and O–H groups in total. The van der Waals surface area contributed by atoms with Gasteiger partial charge in [0.15, 0.2) is 5.82 Å². The molecule has 24 heavy (non-hydrogen) atoms. The first-order valence-corrected chi connectivity index (χ1v) is 8.51. The maximum absolute atomic E-state index is 13.1. The number of halogens is 1. The average molecular weight is 345 g/mol. The number of benzene rings is 1. The summed E-state index contributed by atoms with van der Waals surface area (Å²) in [5.41, 5.74) is 0.333. The zero-order valence-electron chi connectivity index (χ0n) is 13.1. The molecule has 0 aliphatic heterocycles. The van der Waals surface area contributed by atoms with Crippen LogP contribution >= 0.6 is 11.3 Å². The minimum absolute atomic E-state index is 0.169. The minimum atomic E-state index is -0.396. The molecule has 5 nitrogen and oxygen atoms in total. The van der Waals surface area contributed by atoms with Gasteiger partial charge in [-0.15, -0.1) is 16.4 Å². The number of unbranched alkanes of at least 4 members (excludes halogenated alkanes) is 1. The van der Waals surface area contributed by atoms with Crippen LogP contribution in [0.1, 0.15) is 30.1 Å². The minimum Gasteiger partial charge on any atom is -0.462 e. The Bertz CT molecular complexity index is 813. The zero-order valence-corrected chi connectivity index (χ0v) is 13.9. The molecule has 0 aliphatic carbocycles. The van der Waals surface area contributed by atoms with Crippen LogP contribution in [-0.4, -0.2) is 27.3 Å². The lowest BCUT2D eigenvalue weighted by Gasteiger charge is -2.03. The van der Waals surface area contributed by atoms with Gasteiger partial charge in [0.2, 0.25) is 0 Å². The van der Waals surface area contributed by atoms with Crippen molar-refractivity contribution in [2.24, 2.45) is 0 Å². The van der Waals surface area contributed by atoms with Gasteiger partial charge in [-0.2, -0.15) is 9.67 Å². The Morgan fingerprint density at radius 3 is 2.75 bits per heavy atom. The van der Waals surface area contributed by atoms with Crippen molar-refractivity contribution >= 4 is 17.2 Å². The van der Waals surface area contributed by atoms with Crippen molar-refractivity contribution in [2.45, 2.75) is 19.8 Å². The highest BCUT2D eigenvalue weighted by Gasteiger charge is 2.20. The van der Waals surface area contributed by atoms with Gasteiger partial charge in [-0.25, -0.2) is 4.39 Å². The molecule has 0 aliphatic rings. The topological polar surface area (TPSA) is 57.0 Å². The first-order chi connectivity index (χ1) is 11.7. The predicted octanol–water partition coefficient (Wildman–Crippen LogP) is 4.01. The van der Waals surface area contributed by atoms with E-state index in [1.165, 1.54) is 40.3 Å². The van der Waals surface area contributed by atoms with E-state index in [0.717, 1.165) is 17.7 Å². The Balaban J connectivity index is 1.95. The second-order valence-electron chi connectivity index (χ2n) is 5.12. The Labute approximate surface area is 142 Å². The normalized spacial score (nSPS) is 10.8. The fourth-order valence-electron chi connectivity index (χ4n) is 2.08. The third kappa shape index (κ3) is 3.51. The quantitative estimate of drug-likeness (QED) is 0.633. The van der Waals surface area contributed by atoms with Gasteiger partial charge in [-0.3, -0.25) is 4.79 Å². The Hall–Kier alpha value is -2.54. The van der Waals surface area contributed by atoms with Crippen molar-refractivity contribution < 1.29 is 13.9 Å². The molecule has 124 valence electrons. The van der Waals surface area contributed by atoms with Crippen LogP contribution < -0.4 is 4.74 Å². The molecule has 3 aromatic rings. The predicted molar refractivity (Wildman–Crippen MR) is 89.9 cm³/mol. The summed E-state index contributed by atoms with van der Waals surface area (Å²) in [4.78, 5) is 17.8. The summed E-state index contributed by atoms with van der Waals surface area (Å²) in [6.45, 7) is 2.56. The van der Waals surface area contributed by atoms with E-state index in [2.05, 4.69) is 17.0 Å². The maximum atomic E-state index is 13.1. The van der Waals surface area contributed by atoms with Crippen molar-refractivity contribution in [3.8, 4) is 16.7 Å². The number of ether oxygens (including phenoxy) is 1. The summed E-state index contributed by atoms with van der Waals surface area (Å²) in [5, 5.41) is 6.08. The number of hydrogen-bond acceptors (Lipinski definition) is 5. The van der Waals surface area contributed by atoms with Crippen LogP contribution in [0, 0.1) is 5.82 Å².